The molecule has 1 heteroatoms. The molecule has 3 aromatic carbocycles. The molecule has 0 aliphatic rings. The molecular weight excluding hydrogens is 316 g/mol. The van der Waals surface area contributed by atoms with Gasteiger partial charge in [0.2, 0.25) is 0 Å². The predicted octanol–water partition coefficient (Wildman–Crippen LogP) is 6.88. The third-order valence-corrected chi connectivity index (χ3v) is 5.11. The van der Waals surface area contributed by atoms with Gasteiger partial charge in [-0.2, -0.15) is 0 Å². The third kappa shape index (κ3) is 3.14. The van der Waals surface area contributed by atoms with E-state index in [1.807, 2.05) is 0 Å². The highest BCUT2D eigenvalue weighted by molar-refractivity contribution is 5.87. The third-order valence-electron chi connectivity index (χ3n) is 5.11. The van der Waals surface area contributed by atoms with Crippen molar-refractivity contribution in [3.05, 3.63) is 75.8 Å². The van der Waals surface area contributed by atoms with Gasteiger partial charge in [0.25, 0.3) is 0 Å². The van der Waals surface area contributed by atoms with Crippen LogP contribution in [0.4, 0.5) is 0 Å². The van der Waals surface area contributed by atoms with Crippen LogP contribution in [0.2, 0.25) is 0 Å². The molecule has 0 radical (unpaired) electrons. The van der Waals surface area contributed by atoms with Crippen molar-refractivity contribution in [3.8, 4) is 28.0 Å². The van der Waals surface area contributed by atoms with E-state index >= 15 is 0 Å². The van der Waals surface area contributed by atoms with E-state index in [-0.39, 0.29) is 0 Å². The predicted molar refractivity (Wildman–Crippen MR) is 112 cm³/mol. The second kappa shape index (κ2) is 6.99. The number of hydrogen-bond acceptors (Lipinski definition) is 1. The van der Waals surface area contributed by atoms with Gasteiger partial charge in [-0.1, -0.05) is 53.6 Å². The first-order valence-electron chi connectivity index (χ1n) is 9.17. The van der Waals surface area contributed by atoms with Crippen molar-refractivity contribution in [2.24, 2.45) is 0 Å². The first-order chi connectivity index (χ1) is 12.3. The van der Waals surface area contributed by atoms with Crippen molar-refractivity contribution < 1.29 is 4.74 Å². The molecule has 0 heterocycles. The molecule has 3 rings (SSSR count). The lowest BCUT2D eigenvalue weighted by Gasteiger charge is -2.20. The molecule has 0 N–H and O–H groups in total. The minimum absolute atomic E-state index is 0.956. The molecule has 0 unspecified atom stereocenters. The van der Waals surface area contributed by atoms with Gasteiger partial charge >= 0.3 is 0 Å². The number of para-hydroxylation sites is 1. The lowest BCUT2D eigenvalue weighted by atomic mass is 9.88. The minimum Gasteiger partial charge on any atom is -0.495 e. The maximum atomic E-state index is 5.97. The van der Waals surface area contributed by atoms with Gasteiger partial charge in [0, 0.05) is 11.1 Å². The highest BCUT2D eigenvalue weighted by Crippen LogP contribution is 2.43. The zero-order valence-corrected chi connectivity index (χ0v) is 16.9. The van der Waals surface area contributed by atoms with E-state index in [4.69, 9.17) is 4.74 Å². The molecule has 0 fully saturated rings. The molecule has 134 valence electrons. The quantitative estimate of drug-likeness (QED) is 0.503. The fourth-order valence-corrected chi connectivity index (χ4v) is 4.36. The number of ether oxygens (including phenoxy) is 1. The zero-order valence-electron chi connectivity index (χ0n) is 16.9. The summed E-state index contributed by atoms with van der Waals surface area (Å²) in [5, 5.41) is 0. The minimum atomic E-state index is 0.956. The fourth-order valence-electron chi connectivity index (χ4n) is 4.36. The Balaban J connectivity index is 2.32. The number of aryl methyl sites for hydroxylation is 6. The second-order valence-electron chi connectivity index (χ2n) is 7.43. The first kappa shape index (κ1) is 18.3. The molecule has 0 saturated heterocycles. The van der Waals surface area contributed by atoms with Crippen LogP contribution in [0.25, 0.3) is 22.3 Å². The Kier molecular flexibility index (Phi) is 4.91. The molecule has 0 aromatic heterocycles. The van der Waals surface area contributed by atoms with Crippen molar-refractivity contribution in [2.45, 2.75) is 41.5 Å². The Morgan fingerprint density at radius 2 is 0.923 bits per heavy atom. The monoisotopic (exact) mass is 344 g/mol. The van der Waals surface area contributed by atoms with Gasteiger partial charge in [0.05, 0.1) is 7.11 Å². The Labute approximate surface area is 157 Å². The van der Waals surface area contributed by atoms with Gasteiger partial charge in [-0.15, -0.1) is 0 Å². The largest absolute Gasteiger partial charge is 0.495 e. The second-order valence-corrected chi connectivity index (χ2v) is 7.43. The van der Waals surface area contributed by atoms with E-state index in [0.717, 1.165) is 5.75 Å². The first-order valence-corrected chi connectivity index (χ1v) is 9.17. The van der Waals surface area contributed by atoms with Crippen LogP contribution in [0.5, 0.6) is 5.75 Å². The van der Waals surface area contributed by atoms with Crippen LogP contribution in [-0.4, -0.2) is 7.11 Å². The summed E-state index contributed by atoms with van der Waals surface area (Å²) in [6.07, 6.45) is 0. The smallest absolute Gasteiger partial charge is 0.134 e. The SMILES string of the molecule is COc1c(-c2c(C)cc(C)cc2C)cccc1-c1c(C)cc(C)cc1C. The van der Waals surface area contributed by atoms with Crippen molar-refractivity contribution in [2.75, 3.05) is 7.11 Å². The lowest BCUT2D eigenvalue weighted by Crippen LogP contribution is -1.98. The summed E-state index contributed by atoms with van der Waals surface area (Å²) in [5.41, 5.74) is 12.6. The molecule has 0 bridgehead atoms. The Morgan fingerprint density at radius 1 is 0.577 bits per heavy atom. The van der Waals surface area contributed by atoms with Crippen LogP contribution in [0, 0.1) is 41.5 Å². The highest BCUT2D eigenvalue weighted by atomic mass is 16.5. The van der Waals surface area contributed by atoms with Crippen LogP contribution >= 0.6 is 0 Å². The standard InChI is InChI=1S/C25H28O/c1-15-11-17(3)23(18(4)12-15)21-9-8-10-22(25(21)26-7)24-19(5)13-16(2)14-20(24)6/h8-14H,1-7H3. The summed E-state index contributed by atoms with van der Waals surface area (Å²) in [5.74, 6) is 0.956. The van der Waals surface area contributed by atoms with E-state index in [9.17, 15) is 0 Å². The molecular formula is C25H28O. The molecule has 0 amide bonds. The van der Waals surface area contributed by atoms with Gasteiger partial charge in [-0.3, -0.25) is 0 Å². The molecule has 0 saturated carbocycles. The van der Waals surface area contributed by atoms with Crippen LogP contribution in [0.1, 0.15) is 33.4 Å². The summed E-state index contributed by atoms with van der Waals surface area (Å²) in [6.45, 7) is 13.0. The number of hydrogen-bond donors (Lipinski definition) is 0. The molecule has 0 aliphatic carbocycles. The normalized spacial score (nSPS) is 10.9. The van der Waals surface area contributed by atoms with Crippen LogP contribution in [-0.2, 0) is 0 Å². The topological polar surface area (TPSA) is 9.23 Å². The molecule has 0 spiro atoms. The van der Waals surface area contributed by atoms with Gasteiger partial charge in [-0.05, 0) is 74.9 Å². The number of benzene rings is 3. The maximum absolute atomic E-state index is 5.97. The van der Waals surface area contributed by atoms with E-state index in [2.05, 4.69) is 84.0 Å². The number of methoxy groups -OCH3 is 1. The summed E-state index contributed by atoms with van der Waals surface area (Å²) in [7, 11) is 1.78. The lowest BCUT2D eigenvalue weighted by molar-refractivity contribution is 0.418. The van der Waals surface area contributed by atoms with Gasteiger partial charge in [0.1, 0.15) is 5.75 Å². The summed E-state index contributed by atoms with van der Waals surface area (Å²) >= 11 is 0. The van der Waals surface area contributed by atoms with E-state index in [1.165, 1.54) is 55.6 Å². The van der Waals surface area contributed by atoms with Gasteiger partial charge in [-0.25, -0.2) is 0 Å². The summed E-state index contributed by atoms with van der Waals surface area (Å²) < 4.78 is 5.97. The van der Waals surface area contributed by atoms with Crippen molar-refractivity contribution in [1.29, 1.82) is 0 Å². The van der Waals surface area contributed by atoms with Crippen molar-refractivity contribution in [3.63, 3.8) is 0 Å². The van der Waals surface area contributed by atoms with Crippen LogP contribution in [0.3, 0.4) is 0 Å². The van der Waals surface area contributed by atoms with Crippen molar-refractivity contribution >= 4 is 0 Å². The van der Waals surface area contributed by atoms with E-state index < -0.39 is 0 Å². The van der Waals surface area contributed by atoms with Gasteiger partial charge in [0.15, 0.2) is 0 Å². The molecule has 26 heavy (non-hydrogen) atoms. The summed E-state index contributed by atoms with van der Waals surface area (Å²) in [4.78, 5) is 0. The zero-order chi connectivity index (χ0) is 19.0. The maximum Gasteiger partial charge on any atom is 0.134 e. The molecule has 0 aliphatic heterocycles. The van der Waals surface area contributed by atoms with E-state index in [1.54, 1.807) is 7.11 Å². The molecule has 0 atom stereocenters. The van der Waals surface area contributed by atoms with Crippen LogP contribution < -0.4 is 4.74 Å². The average molecular weight is 344 g/mol. The number of rotatable bonds is 3. The fraction of sp³-hybridized carbons (Fsp3) is 0.280. The highest BCUT2D eigenvalue weighted by Gasteiger charge is 2.18. The summed E-state index contributed by atoms with van der Waals surface area (Å²) in [6, 6.07) is 15.5. The Bertz CT molecular complexity index is 858. The Hall–Kier alpha value is -2.54. The van der Waals surface area contributed by atoms with Gasteiger partial charge < -0.3 is 4.74 Å². The molecule has 1 nitrogen and oxygen atoms in total. The average Bonchev–Trinajstić information content (AvgIpc) is 2.53. The van der Waals surface area contributed by atoms with Crippen LogP contribution in [0.15, 0.2) is 42.5 Å². The Morgan fingerprint density at radius 3 is 1.23 bits per heavy atom. The van der Waals surface area contributed by atoms with E-state index in [0.29, 0.717) is 0 Å². The molecule has 3 aromatic rings. The van der Waals surface area contributed by atoms with Crippen molar-refractivity contribution in [1.82, 2.24) is 0 Å².